The molecule has 0 radical (unpaired) electrons. The fourth-order valence-electron chi connectivity index (χ4n) is 2.21. The van der Waals surface area contributed by atoms with Gasteiger partial charge in [0, 0.05) is 16.7 Å². The number of nitrogens with one attached hydrogen (secondary N) is 1. The quantitative estimate of drug-likeness (QED) is 0.790. The van der Waals surface area contributed by atoms with Crippen molar-refractivity contribution >= 4 is 43.4 Å². The molecule has 20 heavy (non-hydrogen) atoms. The van der Waals surface area contributed by atoms with E-state index in [9.17, 15) is 8.42 Å². The standard InChI is InChI=1S/C13H19BrN2O2S2/c1-9-6-11(14)12(15)7-13(9)20(17,18)16-8-10-2-4-19-5-3-10/h6-7,10,16H,2-5,8,15H2,1H3. The number of halogens is 1. The Balaban J connectivity index is 2.11. The van der Waals surface area contributed by atoms with Gasteiger partial charge in [0.2, 0.25) is 10.0 Å². The predicted octanol–water partition coefficient (Wildman–Crippen LogP) is 2.76. The van der Waals surface area contributed by atoms with Crippen molar-refractivity contribution < 1.29 is 8.42 Å². The summed E-state index contributed by atoms with van der Waals surface area (Å²) in [7, 11) is -3.49. The van der Waals surface area contributed by atoms with Crippen molar-refractivity contribution in [3.05, 3.63) is 22.2 Å². The van der Waals surface area contributed by atoms with Gasteiger partial charge in [0.25, 0.3) is 0 Å². The number of rotatable bonds is 4. The van der Waals surface area contributed by atoms with Gasteiger partial charge in [-0.2, -0.15) is 11.8 Å². The maximum absolute atomic E-state index is 12.4. The number of benzene rings is 1. The lowest BCUT2D eigenvalue weighted by Gasteiger charge is -2.21. The van der Waals surface area contributed by atoms with Crippen molar-refractivity contribution in [1.29, 1.82) is 0 Å². The molecular weight excluding hydrogens is 360 g/mol. The van der Waals surface area contributed by atoms with E-state index in [1.807, 2.05) is 11.8 Å². The molecule has 1 aromatic rings. The summed E-state index contributed by atoms with van der Waals surface area (Å²) in [5.74, 6) is 2.69. The zero-order chi connectivity index (χ0) is 14.8. The topological polar surface area (TPSA) is 72.2 Å². The molecule has 0 amide bonds. The van der Waals surface area contributed by atoms with Gasteiger partial charge >= 0.3 is 0 Å². The summed E-state index contributed by atoms with van der Waals surface area (Å²) < 4.78 is 28.2. The Morgan fingerprint density at radius 3 is 2.70 bits per heavy atom. The minimum Gasteiger partial charge on any atom is -0.398 e. The molecule has 0 bridgehead atoms. The van der Waals surface area contributed by atoms with E-state index in [1.165, 1.54) is 6.07 Å². The Morgan fingerprint density at radius 2 is 2.05 bits per heavy atom. The van der Waals surface area contributed by atoms with E-state index >= 15 is 0 Å². The first-order chi connectivity index (χ1) is 9.40. The Morgan fingerprint density at radius 1 is 1.40 bits per heavy atom. The highest BCUT2D eigenvalue weighted by molar-refractivity contribution is 9.10. The Bertz CT molecular complexity index is 584. The molecule has 1 aliphatic rings. The van der Waals surface area contributed by atoms with Crippen LogP contribution in [0.3, 0.4) is 0 Å². The first-order valence-electron chi connectivity index (χ1n) is 6.53. The van der Waals surface area contributed by atoms with Crippen LogP contribution < -0.4 is 10.5 Å². The van der Waals surface area contributed by atoms with Gasteiger partial charge < -0.3 is 5.73 Å². The second kappa shape index (κ2) is 6.68. The van der Waals surface area contributed by atoms with Crippen LogP contribution in [0.5, 0.6) is 0 Å². The van der Waals surface area contributed by atoms with Gasteiger partial charge in [0.1, 0.15) is 0 Å². The third-order valence-corrected chi connectivity index (χ3v) is 6.79. The SMILES string of the molecule is Cc1cc(Br)c(N)cc1S(=O)(=O)NCC1CCSCC1. The molecule has 4 nitrogen and oxygen atoms in total. The Hall–Kier alpha value is -0.240. The van der Waals surface area contributed by atoms with Gasteiger partial charge in [-0.3, -0.25) is 0 Å². The normalized spacial score (nSPS) is 17.3. The van der Waals surface area contributed by atoms with Crippen molar-refractivity contribution in [2.45, 2.75) is 24.7 Å². The smallest absolute Gasteiger partial charge is 0.240 e. The summed E-state index contributed by atoms with van der Waals surface area (Å²) >= 11 is 5.24. The van der Waals surface area contributed by atoms with Gasteiger partial charge in [-0.1, -0.05) is 0 Å². The molecular formula is C13H19BrN2O2S2. The molecule has 0 unspecified atom stereocenters. The molecule has 0 saturated carbocycles. The van der Waals surface area contributed by atoms with Crippen molar-refractivity contribution in [2.75, 3.05) is 23.8 Å². The zero-order valence-electron chi connectivity index (χ0n) is 11.4. The fourth-order valence-corrected chi connectivity index (χ4v) is 5.25. The number of anilines is 1. The van der Waals surface area contributed by atoms with E-state index in [-0.39, 0.29) is 4.90 Å². The lowest BCUT2D eigenvalue weighted by molar-refractivity contribution is 0.476. The van der Waals surface area contributed by atoms with E-state index < -0.39 is 10.0 Å². The van der Waals surface area contributed by atoms with Crippen LogP contribution in [-0.4, -0.2) is 26.5 Å². The fraction of sp³-hybridized carbons (Fsp3) is 0.538. The second-order valence-corrected chi connectivity index (χ2v) is 8.86. The zero-order valence-corrected chi connectivity index (χ0v) is 14.6. The minimum atomic E-state index is -3.49. The van der Waals surface area contributed by atoms with Crippen LogP contribution in [0.25, 0.3) is 0 Å². The van der Waals surface area contributed by atoms with Crippen LogP contribution in [0.1, 0.15) is 18.4 Å². The molecule has 1 aromatic carbocycles. The summed E-state index contributed by atoms with van der Waals surface area (Å²) in [6.07, 6.45) is 2.16. The van der Waals surface area contributed by atoms with Crippen LogP contribution in [0.15, 0.2) is 21.5 Å². The monoisotopic (exact) mass is 378 g/mol. The maximum atomic E-state index is 12.4. The summed E-state index contributed by atoms with van der Waals surface area (Å²) in [4.78, 5) is 0.267. The number of thioether (sulfide) groups is 1. The van der Waals surface area contributed by atoms with Gasteiger partial charge in [-0.15, -0.1) is 0 Å². The Labute approximate surface area is 133 Å². The maximum Gasteiger partial charge on any atom is 0.240 e. The average molecular weight is 379 g/mol. The molecule has 0 spiro atoms. The van der Waals surface area contributed by atoms with Crippen molar-refractivity contribution in [3.63, 3.8) is 0 Å². The van der Waals surface area contributed by atoms with Crippen LogP contribution >= 0.6 is 27.7 Å². The van der Waals surface area contributed by atoms with E-state index in [0.29, 0.717) is 23.7 Å². The van der Waals surface area contributed by atoms with Gasteiger partial charge in [-0.05, 0) is 70.8 Å². The van der Waals surface area contributed by atoms with Crippen LogP contribution in [0, 0.1) is 12.8 Å². The number of nitrogen functional groups attached to an aromatic ring is 1. The molecule has 1 fully saturated rings. The first-order valence-corrected chi connectivity index (χ1v) is 9.96. The van der Waals surface area contributed by atoms with E-state index in [1.54, 1.807) is 13.0 Å². The third-order valence-electron chi connectivity index (χ3n) is 3.49. The molecule has 1 heterocycles. The van der Waals surface area contributed by atoms with Gasteiger partial charge in [0.15, 0.2) is 0 Å². The molecule has 2 rings (SSSR count). The number of sulfonamides is 1. The van der Waals surface area contributed by atoms with Crippen molar-refractivity contribution in [3.8, 4) is 0 Å². The molecule has 0 aromatic heterocycles. The summed E-state index contributed by atoms with van der Waals surface area (Å²) in [6.45, 7) is 2.29. The highest BCUT2D eigenvalue weighted by atomic mass is 79.9. The van der Waals surface area contributed by atoms with E-state index in [0.717, 1.165) is 28.8 Å². The minimum absolute atomic E-state index is 0.267. The first kappa shape index (κ1) is 16.1. The number of hydrogen-bond donors (Lipinski definition) is 2. The molecule has 0 aliphatic carbocycles. The average Bonchev–Trinajstić information content (AvgIpc) is 2.42. The van der Waals surface area contributed by atoms with Gasteiger partial charge in [0.05, 0.1) is 4.90 Å². The summed E-state index contributed by atoms with van der Waals surface area (Å²) in [5, 5.41) is 0. The molecule has 1 aliphatic heterocycles. The summed E-state index contributed by atoms with van der Waals surface area (Å²) in [6, 6.07) is 3.25. The number of aryl methyl sites for hydroxylation is 1. The number of hydrogen-bond acceptors (Lipinski definition) is 4. The highest BCUT2D eigenvalue weighted by Gasteiger charge is 2.21. The highest BCUT2D eigenvalue weighted by Crippen LogP contribution is 2.27. The molecule has 1 saturated heterocycles. The second-order valence-electron chi connectivity index (χ2n) is 5.05. The van der Waals surface area contributed by atoms with Crippen LogP contribution in [0.2, 0.25) is 0 Å². The van der Waals surface area contributed by atoms with E-state index in [4.69, 9.17) is 5.73 Å². The van der Waals surface area contributed by atoms with Crippen molar-refractivity contribution in [1.82, 2.24) is 4.72 Å². The van der Waals surface area contributed by atoms with Gasteiger partial charge in [-0.25, -0.2) is 13.1 Å². The molecule has 7 heteroatoms. The van der Waals surface area contributed by atoms with Crippen LogP contribution in [0.4, 0.5) is 5.69 Å². The lowest BCUT2D eigenvalue weighted by Crippen LogP contribution is -2.31. The van der Waals surface area contributed by atoms with Crippen LogP contribution in [-0.2, 0) is 10.0 Å². The predicted molar refractivity (Wildman–Crippen MR) is 88.5 cm³/mol. The van der Waals surface area contributed by atoms with Crippen molar-refractivity contribution in [2.24, 2.45) is 5.92 Å². The largest absolute Gasteiger partial charge is 0.398 e. The molecule has 112 valence electrons. The molecule has 3 N–H and O–H groups in total. The Kier molecular flexibility index (Phi) is 5.39. The summed E-state index contributed by atoms with van der Waals surface area (Å²) in [5.41, 5.74) is 6.91. The third kappa shape index (κ3) is 3.90. The van der Waals surface area contributed by atoms with E-state index in [2.05, 4.69) is 20.7 Å². The molecule has 0 atom stereocenters. The lowest BCUT2D eigenvalue weighted by atomic mass is 10.0. The number of nitrogens with two attached hydrogens (primary N) is 1.